The Labute approximate surface area is 101 Å². The first-order valence-corrected chi connectivity index (χ1v) is 6.29. The number of nitrogens with zero attached hydrogens (tertiary/aromatic N) is 2. The van der Waals surface area contributed by atoms with Gasteiger partial charge in [-0.3, -0.25) is 0 Å². The molecule has 0 bridgehead atoms. The van der Waals surface area contributed by atoms with Crippen molar-refractivity contribution in [3.8, 4) is 0 Å². The van der Waals surface area contributed by atoms with Crippen molar-refractivity contribution in [3.05, 3.63) is 17.3 Å². The summed E-state index contributed by atoms with van der Waals surface area (Å²) < 4.78 is 0. The number of hydrogen-bond donors (Lipinski definition) is 1. The van der Waals surface area contributed by atoms with E-state index in [1.54, 1.807) is 12.3 Å². The lowest BCUT2D eigenvalue weighted by Crippen LogP contribution is -2.29. The summed E-state index contributed by atoms with van der Waals surface area (Å²) in [6, 6.07) is 2.46. The Morgan fingerprint density at radius 1 is 1.38 bits per heavy atom. The number of hydrogen-bond acceptors (Lipinski definition) is 3. The topological polar surface area (TPSA) is 42.1 Å². The lowest BCUT2D eigenvalue weighted by atomic mass is 10.3. The molecule has 0 atom stereocenters. The quantitative estimate of drug-likeness (QED) is 0.876. The van der Waals surface area contributed by atoms with Gasteiger partial charge in [-0.05, 0) is 37.7 Å². The fraction of sp³-hybridized carbons (Fsp3) is 0.583. The van der Waals surface area contributed by atoms with Crippen molar-refractivity contribution in [2.24, 2.45) is 5.92 Å². The smallest absolute Gasteiger partial charge is 0.152 e. The predicted octanol–water partition coefficient (Wildman–Crippen LogP) is 2.70. The van der Waals surface area contributed by atoms with E-state index in [1.165, 1.54) is 25.7 Å². The van der Waals surface area contributed by atoms with Crippen LogP contribution in [0, 0.1) is 5.92 Å². The zero-order valence-electron chi connectivity index (χ0n) is 9.19. The van der Waals surface area contributed by atoms with E-state index in [0.29, 0.717) is 16.8 Å². The number of pyridine rings is 1. The van der Waals surface area contributed by atoms with Crippen LogP contribution in [0.15, 0.2) is 12.3 Å². The van der Waals surface area contributed by atoms with Gasteiger partial charge in [0, 0.05) is 18.8 Å². The van der Waals surface area contributed by atoms with Gasteiger partial charge in [-0.15, -0.1) is 0 Å². The molecule has 1 heterocycles. The number of rotatable bonds is 4. The molecule has 1 aromatic heterocycles. The molecule has 0 amide bonds. The summed E-state index contributed by atoms with van der Waals surface area (Å²) in [6.07, 6.45) is 6.95. The van der Waals surface area contributed by atoms with Gasteiger partial charge in [-0.1, -0.05) is 11.6 Å². The number of anilines is 2. The highest BCUT2D eigenvalue weighted by Gasteiger charge is 2.35. The number of aromatic nitrogens is 1. The van der Waals surface area contributed by atoms with E-state index in [2.05, 4.69) is 9.88 Å². The Morgan fingerprint density at radius 3 is 2.69 bits per heavy atom. The molecule has 2 aliphatic rings. The van der Waals surface area contributed by atoms with Crippen molar-refractivity contribution in [2.45, 2.75) is 31.7 Å². The van der Waals surface area contributed by atoms with Gasteiger partial charge in [0.1, 0.15) is 0 Å². The molecule has 0 unspecified atom stereocenters. The summed E-state index contributed by atoms with van der Waals surface area (Å²) in [6.45, 7) is 1.11. The van der Waals surface area contributed by atoms with Crippen molar-refractivity contribution in [1.29, 1.82) is 0 Å². The summed E-state index contributed by atoms with van der Waals surface area (Å²) in [5.41, 5.74) is 6.70. The zero-order valence-corrected chi connectivity index (χ0v) is 9.95. The minimum atomic E-state index is 0.614. The Balaban J connectivity index is 1.85. The van der Waals surface area contributed by atoms with Gasteiger partial charge in [0.25, 0.3) is 0 Å². The molecule has 2 N–H and O–H groups in total. The van der Waals surface area contributed by atoms with E-state index in [-0.39, 0.29) is 0 Å². The van der Waals surface area contributed by atoms with Crippen molar-refractivity contribution in [3.63, 3.8) is 0 Å². The third-order valence-corrected chi connectivity index (χ3v) is 3.48. The maximum atomic E-state index is 6.00. The van der Waals surface area contributed by atoms with E-state index in [0.717, 1.165) is 18.3 Å². The average molecular weight is 238 g/mol. The second kappa shape index (κ2) is 3.81. The Bertz CT molecular complexity index is 399. The highest BCUT2D eigenvalue weighted by atomic mass is 35.5. The van der Waals surface area contributed by atoms with Crippen LogP contribution in [-0.4, -0.2) is 17.6 Å². The fourth-order valence-electron chi connectivity index (χ4n) is 2.06. The third kappa shape index (κ3) is 2.09. The standard InChI is InChI=1S/C12H16ClN3/c13-9-5-11(14)12(15-6-9)16(10-3-4-10)7-8-1-2-8/h5-6,8,10H,1-4,7,14H2. The normalized spacial score (nSPS) is 19.8. The fourth-order valence-corrected chi connectivity index (χ4v) is 2.23. The zero-order chi connectivity index (χ0) is 11.1. The molecule has 2 fully saturated rings. The molecular formula is C12H16ClN3. The van der Waals surface area contributed by atoms with Gasteiger partial charge in [0.05, 0.1) is 10.7 Å². The molecule has 1 aromatic rings. The van der Waals surface area contributed by atoms with Crippen LogP contribution in [0.5, 0.6) is 0 Å². The molecule has 2 saturated carbocycles. The summed E-state index contributed by atoms with van der Waals surface area (Å²) in [5.74, 6) is 1.79. The SMILES string of the molecule is Nc1cc(Cl)cnc1N(CC1CC1)C1CC1. The first kappa shape index (κ1) is 10.2. The Kier molecular flexibility index (Phi) is 2.43. The largest absolute Gasteiger partial charge is 0.396 e. The number of nitrogen functional groups attached to an aromatic ring is 1. The van der Waals surface area contributed by atoms with Gasteiger partial charge in [0.15, 0.2) is 5.82 Å². The van der Waals surface area contributed by atoms with Crippen LogP contribution < -0.4 is 10.6 Å². The molecule has 16 heavy (non-hydrogen) atoms. The monoisotopic (exact) mass is 237 g/mol. The van der Waals surface area contributed by atoms with Crippen LogP contribution in [0.2, 0.25) is 5.02 Å². The average Bonchev–Trinajstić information content (AvgIpc) is 3.11. The van der Waals surface area contributed by atoms with Gasteiger partial charge < -0.3 is 10.6 Å². The van der Waals surface area contributed by atoms with Crippen LogP contribution >= 0.6 is 11.6 Å². The summed E-state index contributed by atoms with van der Waals surface area (Å²) in [5, 5.41) is 0.614. The van der Waals surface area contributed by atoms with Crippen LogP contribution in [0.1, 0.15) is 25.7 Å². The second-order valence-electron chi connectivity index (χ2n) is 4.89. The van der Waals surface area contributed by atoms with E-state index >= 15 is 0 Å². The summed E-state index contributed by atoms with van der Waals surface area (Å²) >= 11 is 5.87. The second-order valence-corrected chi connectivity index (χ2v) is 5.33. The van der Waals surface area contributed by atoms with E-state index in [4.69, 9.17) is 17.3 Å². The van der Waals surface area contributed by atoms with E-state index < -0.39 is 0 Å². The highest BCUT2D eigenvalue weighted by molar-refractivity contribution is 6.30. The molecule has 0 radical (unpaired) electrons. The lowest BCUT2D eigenvalue weighted by molar-refractivity contribution is 0.710. The predicted molar refractivity (Wildman–Crippen MR) is 66.8 cm³/mol. The first-order valence-electron chi connectivity index (χ1n) is 5.91. The number of halogens is 1. The maximum Gasteiger partial charge on any atom is 0.152 e. The maximum absolute atomic E-state index is 6.00. The highest BCUT2D eigenvalue weighted by Crippen LogP contribution is 2.38. The molecule has 4 heteroatoms. The summed E-state index contributed by atoms with van der Waals surface area (Å²) in [7, 11) is 0. The molecule has 0 spiro atoms. The molecule has 86 valence electrons. The van der Waals surface area contributed by atoms with Crippen LogP contribution in [0.4, 0.5) is 11.5 Å². The van der Waals surface area contributed by atoms with E-state index in [1.807, 2.05) is 0 Å². The number of nitrogens with two attached hydrogens (primary N) is 1. The van der Waals surface area contributed by atoms with Crippen LogP contribution in [0.25, 0.3) is 0 Å². The minimum Gasteiger partial charge on any atom is -0.396 e. The molecule has 0 aliphatic heterocycles. The van der Waals surface area contributed by atoms with Gasteiger partial charge in [-0.2, -0.15) is 0 Å². The van der Waals surface area contributed by atoms with Crippen molar-refractivity contribution >= 4 is 23.1 Å². The molecular weight excluding hydrogens is 222 g/mol. The summed E-state index contributed by atoms with van der Waals surface area (Å²) in [4.78, 5) is 6.77. The molecule has 2 aliphatic carbocycles. The molecule has 0 aromatic carbocycles. The first-order chi connectivity index (χ1) is 7.74. The van der Waals surface area contributed by atoms with Gasteiger partial charge in [-0.25, -0.2) is 4.98 Å². The minimum absolute atomic E-state index is 0.614. The van der Waals surface area contributed by atoms with E-state index in [9.17, 15) is 0 Å². The van der Waals surface area contributed by atoms with Gasteiger partial charge >= 0.3 is 0 Å². The van der Waals surface area contributed by atoms with Crippen molar-refractivity contribution < 1.29 is 0 Å². The third-order valence-electron chi connectivity index (χ3n) is 3.27. The van der Waals surface area contributed by atoms with Crippen LogP contribution in [-0.2, 0) is 0 Å². The molecule has 3 nitrogen and oxygen atoms in total. The Morgan fingerprint density at radius 2 is 2.12 bits per heavy atom. The lowest BCUT2D eigenvalue weighted by Gasteiger charge is -2.24. The molecule has 0 saturated heterocycles. The Hall–Kier alpha value is -0.960. The van der Waals surface area contributed by atoms with Crippen molar-refractivity contribution in [1.82, 2.24) is 4.98 Å². The van der Waals surface area contributed by atoms with Gasteiger partial charge in [0.2, 0.25) is 0 Å². The van der Waals surface area contributed by atoms with Crippen molar-refractivity contribution in [2.75, 3.05) is 17.2 Å². The van der Waals surface area contributed by atoms with Crippen LogP contribution in [0.3, 0.4) is 0 Å². The molecule has 3 rings (SSSR count).